The fourth-order valence-corrected chi connectivity index (χ4v) is 1.59. The van der Waals surface area contributed by atoms with Crippen molar-refractivity contribution in [3.63, 3.8) is 0 Å². The van der Waals surface area contributed by atoms with Gasteiger partial charge >= 0.3 is 0 Å². The van der Waals surface area contributed by atoms with E-state index in [9.17, 15) is 4.39 Å². The summed E-state index contributed by atoms with van der Waals surface area (Å²) in [5, 5.41) is 3.82. The summed E-state index contributed by atoms with van der Waals surface area (Å²) >= 11 is 0. The number of aromatic nitrogens is 1. The Labute approximate surface area is 99.2 Å². The second-order valence-electron chi connectivity index (χ2n) is 3.98. The maximum Gasteiger partial charge on any atom is 0.167 e. The molecule has 0 unspecified atom stereocenters. The Hall–Kier alpha value is -1.84. The number of rotatable bonds is 3. The molecule has 0 atom stereocenters. The van der Waals surface area contributed by atoms with E-state index < -0.39 is 0 Å². The number of nitrogens with zero attached hydrogens (tertiary/aromatic N) is 1. The summed E-state index contributed by atoms with van der Waals surface area (Å²) in [6.07, 6.45) is 0. The second-order valence-corrected chi connectivity index (χ2v) is 3.98. The highest BCUT2D eigenvalue weighted by molar-refractivity contribution is 5.30. The van der Waals surface area contributed by atoms with Crippen LogP contribution in [-0.4, -0.2) is 5.16 Å². The fourth-order valence-electron chi connectivity index (χ4n) is 1.59. The molecule has 2 aromatic rings. The summed E-state index contributed by atoms with van der Waals surface area (Å²) in [4.78, 5) is 0. The molecule has 0 N–H and O–H groups in total. The summed E-state index contributed by atoms with van der Waals surface area (Å²) in [5.74, 6) is 0.639. The number of benzene rings is 1. The first-order chi connectivity index (χ1) is 8.09. The molecule has 90 valence electrons. The van der Waals surface area contributed by atoms with Gasteiger partial charge in [-0.25, -0.2) is 4.39 Å². The summed E-state index contributed by atoms with van der Waals surface area (Å²) in [5.41, 5.74) is 2.21. The van der Waals surface area contributed by atoms with Crippen LogP contribution in [0.15, 0.2) is 22.7 Å². The summed E-state index contributed by atoms with van der Waals surface area (Å²) in [6.45, 7) is 5.62. The lowest BCUT2D eigenvalue weighted by atomic mass is 10.2. The van der Waals surface area contributed by atoms with Crippen LogP contribution in [0, 0.1) is 26.6 Å². The molecule has 0 aliphatic carbocycles. The van der Waals surface area contributed by atoms with E-state index in [2.05, 4.69) is 5.16 Å². The smallest absolute Gasteiger partial charge is 0.167 e. The first-order valence-electron chi connectivity index (χ1n) is 5.39. The summed E-state index contributed by atoms with van der Waals surface area (Å²) in [7, 11) is 0. The lowest BCUT2D eigenvalue weighted by Crippen LogP contribution is -2.00. The molecule has 0 fully saturated rings. The van der Waals surface area contributed by atoms with E-state index in [1.807, 2.05) is 13.8 Å². The Morgan fingerprint density at radius 3 is 2.71 bits per heavy atom. The number of hydrogen-bond acceptors (Lipinski definition) is 3. The van der Waals surface area contributed by atoms with Crippen LogP contribution in [0.25, 0.3) is 0 Å². The van der Waals surface area contributed by atoms with Crippen LogP contribution in [0.5, 0.6) is 5.75 Å². The van der Waals surface area contributed by atoms with E-state index in [0.29, 0.717) is 11.3 Å². The van der Waals surface area contributed by atoms with Crippen LogP contribution in [-0.2, 0) is 6.61 Å². The predicted molar refractivity (Wildman–Crippen MR) is 61.4 cm³/mol. The van der Waals surface area contributed by atoms with E-state index in [1.54, 1.807) is 25.1 Å². The SMILES string of the molecule is Cc1cccc(OCc2c(C)noc2C)c1F. The van der Waals surface area contributed by atoms with E-state index >= 15 is 0 Å². The number of halogens is 1. The van der Waals surface area contributed by atoms with E-state index in [0.717, 1.165) is 11.3 Å². The molecule has 0 saturated heterocycles. The standard InChI is InChI=1S/C13H14FNO2/c1-8-5-4-6-12(13(8)14)16-7-11-9(2)15-17-10(11)3/h4-6H,7H2,1-3H3. The zero-order valence-electron chi connectivity index (χ0n) is 10.1. The molecule has 3 nitrogen and oxygen atoms in total. The molecule has 0 amide bonds. The Bertz CT molecular complexity index is 515. The molecule has 0 bridgehead atoms. The Morgan fingerprint density at radius 2 is 2.06 bits per heavy atom. The van der Waals surface area contributed by atoms with Gasteiger partial charge < -0.3 is 9.26 Å². The van der Waals surface area contributed by atoms with Crippen LogP contribution in [0.4, 0.5) is 4.39 Å². The van der Waals surface area contributed by atoms with Crippen LogP contribution in [0.3, 0.4) is 0 Å². The highest BCUT2D eigenvalue weighted by Crippen LogP contribution is 2.22. The number of aryl methyl sites for hydroxylation is 3. The van der Waals surface area contributed by atoms with Crippen molar-refractivity contribution in [2.45, 2.75) is 27.4 Å². The van der Waals surface area contributed by atoms with Crippen molar-refractivity contribution in [3.8, 4) is 5.75 Å². The van der Waals surface area contributed by atoms with Gasteiger partial charge in [-0.15, -0.1) is 0 Å². The molecule has 0 spiro atoms. The van der Waals surface area contributed by atoms with Gasteiger partial charge in [0.05, 0.1) is 11.3 Å². The van der Waals surface area contributed by atoms with E-state index in [-0.39, 0.29) is 18.2 Å². The molecular weight excluding hydrogens is 221 g/mol. The van der Waals surface area contributed by atoms with Crippen LogP contribution < -0.4 is 4.74 Å². The Balaban J connectivity index is 2.15. The van der Waals surface area contributed by atoms with Crippen molar-refractivity contribution >= 4 is 0 Å². The molecule has 4 heteroatoms. The van der Waals surface area contributed by atoms with Crippen LogP contribution in [0.1, 0.15) is 22.6 Å². The van der Waals surface area contributed by atoms with Gasteiger partial charge in [0, 0.05) is 0 Å². The first-order valence-corrected chi connectivity index (χ1v) is 5.39. The molecule has 0 saturated carbocycles. The van der Waals surface area contributed by atoms with Crippen molar-refractivity contribution in [1.82, 2.24) is 5.16 Å². The summed E-state index contributed by atoms with van der Waals surface area (Å²) in [6, 6.07) is 5.08. The molecular formula is C13H14FNO2. The molecule has 1 heterocycles. The topological polar surface area (TPSA) is 35.3 Å². The average Bonchev–Trinajstić information content (AvgIpc) is 2.62. The number of hydrogen-bond donors (Lipinski definition) is 0. The first kappa shape index (κ1) is 11.6. The maximum absolute atomic E-state index is 13.7. The second kappa shape index (κ2) is 4.57. The van der Waals surface area contributed by atoms with Crippen molar-refractivity contribution in [3.05, 3.63) is 46.6 Å². The van der Waals surface area contributed by atoms with Crippen LogP contribution >= 0.6 is 0 Å². The van der Waals surface area contributed by atoms with Crippen molar-refractivity contribution in [1.29, 1.82) is 0 Å². The van der Waals surface area contributed by atoms with Gasteiger partial charge in [-0.2, -0.15) is 0 Å². The largest absolute Gasteiger partial charge is 0.486 e. The fraction of sp³-hybridized carbons (Fsp3) is 0.308. The van der Waals surface area contributed by atoms with Crippen molar-refractivity contribution in [2.24, 2.45) is 0 Å². The number of ether oxygens (including phenoxy) is 1. The van der Waals surface area contributed by atoms with Crippen molar-refractivity contribution < 1.29 is 13.7 Å². The lowest BCUT2D eigenvalue weighted by Gasteiger charge is -2.08. The van der Waals surface area contributed by atoms with Crippen molar-refractivity contribution in [2.75, 3.05) is 0 Å². The quantitative estimate of drug-likeness (QED) is 0.818. The molecule has 0 aliphatic rings. The zero-order valence-corrected chi connectivity index (χ0v) is 10.1. The molecule has 0 aliphatic heterocycles. The molecule has 2 rings (SSSR count). The predicted octanol–water partition coefficient (Wildman–Crippen LogP) is 3.32. The molecule has 0 radical (unpaired) electrons. The normalized spacial score (nSPS) is 10.6. The minimum absolute atomic E-state index is 0.255. The van der Waals surface area contributed by atoms with Gasteiger partial charge in [0.2, 0.25) is 0 Å². The van der Waals surface area contributed by atoms with E-state index in [4.69, 9.17) is 9.26 Å². The third-order valence-electron chi connectivity index (χ3n) is 2.71. The monoisotopic (exact) mass is 235 g/mol. The van der Waals surface area contributed by atoms with Gasteiger partial charge in [0.15, 0.2) is 11.6 Å². The Kier molecular flexibility index (Phi) is 3.13. The van der Waals surface area contributed by atoms with E-state index in [1.165, 1.54) is 0 Å². The Morgan fingerprint density at radius 1 is 1.29 bits per heavy atom. The average molecular weight is 235 g/mol. The molecule has 17 heavy (non-hydrogen) atoms. The molecule has 1 aromatic heterocycles. The van der Waals surface area contributed by atoms with Gasteiger partial charge in [0.25, 0.3) is 0 Å². The third-order valence-corrected chi connectivity index (χ3v) is 2.71. The lowest BCUT2D eigenvalue weighted by molar-refractivity contribution is 0.286. The van der Waals surface area contributed by atoms with Gasteiger partial charge in [0.1, 0.15) is 12.4 Å². The highest BCUT2D eigenvalue weighted by atomic mass is 19.1. The molecule has 1 aromatic carbocycles. The minimum Gasteiger partial charge on any atom is -0.486 e. The van der Waals surface area contributed by atoms with Gasteiger partial charge in [-0.05, 0) is 32.4 Å². The zero-order chi connectivity index (χ0) is 12.4. The highest BCUT2D eigenvalue weighted by Gasteiger charge is 2.11. The third kappa shape index (κ3) is 2.30. The minimum atomic E-state index is -0.320. The summed E-state index contributed by atoms with van der Waals surface area (Å²) < 4.78 is 24.1. The maximum atomic E-state index is 13.7. The van der Waals surface area contributed by atoms with Gasteiger partial charge in [-0.3, -0.25) is 0 Å². The van der Waals surface area contributed by atoms with Crippen LogP contribution in [0.2, 0.25) is 0 Å². The van der Waals surface area contributed by atoms with Gasteiger partial charge in [-0.1, -0.05) is 17.3 Å².